The molecule has 21 heavy (non-hydrogen) atoms. The summed E-state index contributed by atoms with van der Waals surface area (Å²) >= 11 is 0. The van der Waals surface area contributed by atoms with Crippen LogP contribution >= 0.6 is 0 Å². The van der Waals surface area contributed by atoms with Gasteiger partial charge in [-0.25, -0.2) is 4.79 Å². The first-order valence-electron chi connectivity index (χ1n) is 6.31. The van der Waals surface area contributed by atoms with Crippen LogP contribution in [0.1, 0.15) is 15.9 Å². The first kappa shape index (κ1) is 14.7. The zero-order chi connectivity index (χ0) is 15.2. The van der Waals surface area contributed by atoms with Crippen molar-refractivity contribution in [2.75, 3.05) is 14.2 Å². The summed E-state index contributed by atoms with van der Waals surface area (Å²) in [7, 11) is 2.81. The summed E-state index contributed by atoms with van der Waals surface area (Å²) in [5, 5.41) is 9.21. The number of hydrogen-bond acceptors (Lipinski definition) is 4. The average molecular weight is 288 g/mol. The number of benzene rings is 2. The molecular formula is C16H16O5. The van der Waals surface area contributed by atoms with Gasteiger partial charge in [-0.2, -0.15) is 0 Å². The Balaban J connectivity index is 2.26. The minimum atomic E-state index is -1.11. The molecule has 5 nitrogen and oxygen atoms in total. The molecule has 5 heteroatoms. The first-order valence-corrected chi connectivity index (χ1v) is 6.31. The maximum absolute atomic E-state index is 11.3. The van der Waals surface area contributed by atoms with E-state index in [0.717, 1.165) is 5.56 Å². The monoisotopic (exact) mass is 288 g/mol. The van der Waals surface area contributed by atoms with Gasteiger partial charge in [-0.15, -0.1) is 0 Å². The molecule has 0 aromatic heterocycles. The summed E-state index contributed by atoms with van der Waals surface area (Å²) in [6, 6.07) is 12.7. The Morgan fingerprint density at radius 1 is 1.05 bits per heavy atom. The topological polar surface area (TPSA) is 65.0 Å². The van der Waals surface area contributed by atoms with Crippen LogP contribution in [0.3, 0.4) is 0 Å². The van der Waals surface area contributed by atoms with Crippen molar-refractivity contribution in [3.05, 3.63) is 53.6 Å². The van der Waals surface area contributed by atoms with E-state index >= 15 is 0 Å². The third-order valence-electron chi connectivity index (χ3n) is 2.94. The number of hydrogen-bond donors (Lipinski definition) is 1. The van der Waals surface area contributed by atoms with E-state index in [0.29, 0.717) is 12.4 Å². The first-order chi connectivity index (χ1) is 10.2. The summed E-state index contributed by atoms with van der Waals surface area (Å²) in [5.74, 6) is -0.231. The summed E-state index contributed by atoms with van der Waals surface area (Å²) in [6.07, 6.45) is 0. The van der Waals surface area contributed by atoms with Crippen LogP contribution in [0, 0.1) is 0 Å². The molecule has 0 radical (unpaired) electrons. The molecule has 2 aromatic rings. The Hall–Kier alpha value is -2.69. The van der Waals surface area contributed by atoms with Crippen molar-refractivity contribution in [1.82, 2.24) is 0 Å². The maximum atomic E-state index is 11.3. The molecule has 0 unspecified atom stereocenters. The van der Waals surface area contributed by atoms with Crippen LogP contribution in [0.15, 0.2) is 42.5 Å². The number of aromatic carboxylic acids is 1. The lowest BCUT2D eigenvalue weighted by Crippen LogP contribution is -2.05. The number of carbonyl (C=O) groups is 1. The van der Waals surface area contributed by atoms with Crippen molar-refractivity contribution in [3.63, 3.8) is 0 Å². The van der Waals surface area contributed by atoms with Gasteiger partial charge in [0.2, 0.25) is 0 Å². The smallest absolute Gasteiger partial charge is 0.343 e. The fraction of sp³-hybridized carbons (Fsp3) is 0.188. The van der Waals surface area contributed by atoms with Crippen molar-refractivity contribution >= 4 is 5.97 Å². The lowest BCUT2D eigenvalue weighted by Gasteiger charge is -2.13. The van der Waals surface area contributed by atoms with Gasteiger partial charge in [0.25, 0.3) is 0 Å². The fourth-order valence-corrected chi connectivity index (χ4v) is 1.92. The molecule has 2 rings (SSSR count). The van der Waals surface area contributed by atoms with Gasteiger partial charge < -0.3 is 19.3 Å². The van der Waals surface area contributed by atoms with E-state index in [1.807, 2.05) is 30.3 Å². The largest absolute Gasteiger partial charge is 0.496 e. The second kappa shape index (κ2) is 6.65. The predicted octanol–water partition coefficient (Wildman–Crippen LogP) is 2.98. The number of rotatable bonds is 6. The second-order valence-electron chi connectivity index (χ2n) is 4.28. The van der Waals surface area contributed by atoms with Crippen molar-refractivity contribution in [1.29, 1.82) is 0 Å². The predicted molar refractivity (Wildman–Crippen MR) is 77.3 cm³/mol. The third-order valence-corrected chi connectivity index (χ3v) is 2.94. The highest BCUT2D eigenvalue weighted by Crippen LogP contribution is 2.34. The Morgan fingerprint density at radius 3 is 2.10 bits per heavy atom. The highest BCUT2D eigenvalue weighted by Gasteiger charge is 2.19. The molecular weight excluding hydrogens is 272 g/mol. The van der Waals surface area contributed by atoms with Gasteiger partial charge >= 0.3 is 5.97 Å². The summed E-state index contributed by atoms with van der Waals surface area (Å²) in [4.78, 5) is 11.3. The fourth-order valence-electron chi connectivity index (χ4n) is 1.92. The van der Waals surface area contributed by atoms with Gasteiger partial charge in [-0.05, 0) is 5.56 Å². The SMILES string of the molecule is COc1cc(OCc2ccccc2)cc(OC)c1C(=O)O. The van der Waals surface area contributed by atoms with E-state index in [9.17, 15) is 9.90 Å². The molecule has 0 bridgehead atoms. The normalized spacial score (nSPS) is 10.0. The van der Waals surface area contributed by atoms with E-state index in [1.165, 1.54) is 26.4 Å². The van der Waals surface area contributed by atoms with E-state index in [2.05, 4.69) is 0 Å². The van der Waals surface area contributed by atoms with Gasteiger partial charge in [-0.3, -0.25) is 0 Å². The second-order valence-corrected chi connectivity index (χ2v) is 4.28. The van der Waals surface area contributed by atoms with Crippen molar-refractivity contribution in [3.8, 4) is 17.2 Å². The van der Waals surface area contributed by atoms with Crippen LogP contribution in [0.2, 0.25) is 0 Å². The average Bonchev–Trinajstić information content (AvgIpc) is 2.52. The minimum absolute atomic E-state index is 0.0212. The van der Waals surface area contributed by atoms with Gasteiger partial charge in [0.1, 0.15) is 29.4 Å². The van der Waals surface area contributed by atoms with Crippen LogP contribution in [-0.2, 0) is 6.61 Å². The molecule has 0 aliphatic heterocycles. The highest BCUT2D eigenvalue weighted by atomic mass is 16.5. The molecule has 2 aromatic carbocycles. The molecule has 0 spiro atoms. The van der Waals surface area contributed by atoms with Crippen molar-refractivity contribution in [2.45, 2.75) is 6.61 Å². The number of carboxylic acids is 1. The molecule has 110 valence electrons. The highest BCUT2D eigenvalue weighted by molar-refractivity contribution is 5.94. The third kappa shape index (κ3) is 3.45. The lowest BCUT2D eigenvalue weighted by atomic mass is 10.1. The number of ether oxygens (including phenoxy) is 3. The van der Waals surface area contributed by atoms with Crippen LogP contribution in [0.5, 0.6) is 17.2 Å². The Kier molecular flexibility index (Phi) is 4.66. The molecule has 0 aliphatic carbocycles. The summed E-state index contributed by atoms with van der Waals surface area (Å²) in [6.45, 7) is 0.375. The molecule has 0 fully saturated rings. The zero-order valence-electron chi connectivity index (χ0n) is 11.8. The summed E-state index contributed by atoms with van der Waals surface area (Å²) < 4.78 is 15.9. The Morgan fingerprint density at radius 2 is 1.62 bits per heavy atom. The van der Waals surface area contributed by atoms with Gasteiger partial charge in [0.15, 0.2) is 0 Å². The minimum Gasteiger partial charge on any atom is -0.496 e. The zero-order valence-corrected chi connectivity index (χ0v) is 11.8. The van der Waals surface area contributed by atoms with Crippen LogP contribution in [0.4, 0.5) is 0 Å². The van der Waals surface area contributed by atoms with E-state index < -0.39 is 5.97 Å². The number of methoxy groups -OCH3 is 2. The molecule has 0 aliphatic rings. The van der Waals surface area contributed by atoms with E-state index in [1.54, 1.807) is 0 Å². The van der Waals surface area contributed by atoms with Crippen molar-refractivity contribution in [2.24, 2.45) is 0 Å². The quantitative estimate of drug-likeness (QED) is 0.885. The molecule has 0 amide bonds. The van der Waals surface area contributed by atoms with E-state index in [4.69, 9.17) is 14.2 Å². The molecule has 1 N–H and O–H groups in total. The molecule has 0 saturated heterocycles. The number of carboxylic acid groups (broad SMARTS) is 1. The van der Waals surface area contributed by atoms with Gasteiger partial charge in [0.05, 0.1) is 14.2 Å². The Bertz CT molecular complexity index is 597. The molecule has 0 heterocycles. The van der Waals surface area contributed by atoms with Crippen LogP contribution < -0.4 is 14.2 Å². The lowest BCUT2D eigenvalue weighted by molar-refractivity contribution is 0.0689. The van der Waals surface area contributed by atoms with Crippen molar-refractivity contribution < 1.29 is 24.1 Å². The van der Waals surface area contributed by atoms with E-state index in [-0.39, 0.29) is 17.1 Å². The van der Waals surface area contributed by atoms with Crippen LogP contribution in [0.25, 0.3) is 0 Å². The van der Waals surface area contributed by atoms with Crippen LogP contribution in [-0.4, -0.2) is 25.3 Å². The molecule has 0 saturated carbocycles. The maximum Gasteiger partial charge on any atom is 0.343 e. The van der Waals surface area contributed by atoms with Gasteiger partial charge in [-0.1, -0.05) is 30.3 Å². The summed E-state index contributed by atoms with van der Waals surface area (Å²) in [5.41, 5.74) is 0.991. The molecule has 0 atom stereocenters. The Labute approximate surface area is 122 Å². The van der Waals surface area contributed by atoms with Gasteiger partial charge in [0, 0.05) is 12.1 Å². The standard InChI is InChI=1S/C16H16O5/c1-19-13-8-12(9-14(20-2)15(13)16(17)18)21-10-11-6-4-3-5-7-11/h3-9H,10H2,1-2H3,(H,17,18).